The van der Waals surface area contributed by atoms with Crippen LogP contribution < -0.4 is 20.7 Å². The van der Waals surface area contributed by atoms with E-state index in [9.17, 15) is 4.79 Å². The van der Waals surface area contributed by atoms with Gasteiger partial charge >= 0.3 is 0 Å². The summed E-state index contributed by atoms with van der Waals surface area (Å²) in [5, 5.41) is 9.22. The number of carbonyl (C=O) groups excluding carboxylic acids is 1. The van der Waals surface area contributed by atoms with Crippen molar-refractivity contribution in [1.29, 1.82) is 0 Å². The third kappa shape index (κ3) is 6.17. The van der Waals surface area contributed by atoms with Crippen molar-refractivity contribution in [1.82, 2.24) is 20.3 Å². The van der Waals surface area contributed by atoms with Crippen molar-refractivity contribution >= 4 is 23.4 Å². The van der Waals surface area contributed by atoms with Crippen LogP contribution in [0.25, 0.3) is 0 Å². The molecule has 0 saturated carbocycles. The Morgan fingerprint density at radius 3 is 2.52 bits per heavy atom. The van der Waals surface area contributed by atoms with Gasteiger partial charge in [0.1, 0.15) is 29.0 Å². The third-order valence-electron chi connectivity index (χ3n) is 3.90. The minimum Gasteiger partial charge on any atom is -0.494 e. The lowest BCUT2D eigenvalue weighted by Gasteiger charge is -2.10. The van der Waals surface area contributed by atoms with E-state index in [-0.39, 0.29) is 5.91 Å². The minimum absolute atomic E-state index is 0.133. The number of aromatic nitrogens is 3. The van der Waals surface area contributed by atoms with Crippen molar-refractivity contribution in [2.75, 3.05) is 30.3 Å². The lowest BCUT2D eigenvalue weighted by molar-refractivity contribution is 0.0955. The molecule has 0 fully saturated rings. The lowest BCUT2D eigenvalue weighted by Crippen LogP contribution is -2.28. The maximum Gasteiger partial charge on any atom is 0.251 e. The van der Waals surface area contributed by atoms with E-state index in [0.717, 1.165) is 5.75 Å². The van der Waals surface area contributed by atoms with Gasteiger partial charge in [0.15, 0.2) is 0 Å². The molecular weight excluding hydrogens is 368 g/mol. The van der Waals surface area contributed by atoms with E-state index in [1.807, 2.05) is 32.0 Å². The van der Waals surface area contributed by atoms with Gasteiger partial charge in [-0.05, 0) is 50.2 Å². The number of pyridine rings is 1. The minimum atomic E-state index is -0.133. The molecule has 0 aliphatic rings. The molecule has 3 aromatic rings. The fourth-order valence-corrected chi connectivity index (χ4v) is 2.63. The number of aryl methyl sites for hydroxylation is 1. The van der Waals surface area contributed by atoms with Crippen LogP contribution in [-0.4, -0.2) is 40.6 Å². The molecule has 1 aromatic carbocycles. The number of nitrogens with one attached hydrogen (secondary N) is 3. The maximum absolute atomic E-state index is 12.2. The van der Waals surface area contributed by atoms with Crippen LogP contribution in [0.1, 0.15) is 23.1 Å². The van der Waals surface area contributed by atoms with Crippen LogP contribution in [0.15, 0.2) is 54.7 Å². The summed E-state index contributed by atoms with van der Waals surface area (Å²) in [6.45, 7) is 5.33. The fourth-order valence-electron chi connectivity index (χ4n) is 2.63. The second kappa shape index (κ2) is 10.0. The van der Waals surface area contributed by atoms with Crippen LogP contribution >= 0.6 is 0 Å². The first-order chi connectivity index (χ1) is 14.1. The predicted octanol–water partition coefficient (Wildman–Crippen LogP) is 3.16. The van der Waals surface area contributed by atoms with Crippen LogP contribution in [0.5, 0.6) is 5.75 Å². The Kier molecular flexibility index (Phi) is 6.94. The average molecular weight is 392 g/mol. The van der Waals surface area contributed by atoms with E-state index in [1.54, 1.807) is 36.5 Å². The topological polar surface area (TPSA) is 101 Å². The van der Waals surface area contributed by atoms with Gasteiger partial charge in [-0.2, -0.15) is 0 Å². The molecule has 0 radical (unpaired) electrons. The highest BCUT2D eigenvalue weighted by atomic mass is 16.5. The Hall–Kier alpha value is -3.68. The Bertz CT molecular complexity index is 932. The number of nitrogens with zero attached hydrogens (tertiary/aromatic N) is 3. The highest BCUT2D eigenvalue weighted by molar-refractivity contribution is 5.94. The highest BCUT2D eigenvalue weighted by Crippen LogP contribution is 2.15. The first-order valence-electron chi connectivity index (χ1n) is 9.42. The van der Waals surface area contributed by atoms with Gasteiger partial charge in [-0.15, -0.1) is 0 Å². The number of amides is 1. The molecular formula is C21H24N6O2. The predicted molar refractivity (Wildman–Crippen MR) is 113 cm³/mol. The van der Waals surface area contributed by atoms with Gasteiger partial charge in [0.05, 0.1) is 6.61 Å². The number of hydrogen-bond donors (Lipinski definition) is 3. The number of anilines is 3. The van der Waals surface area contributed by atoms with Gasteiger partial charge in [0, 0.05) is 30.9 Å². The first-order valence-corrected chi connectivity index (χ1v) is 9.42. The summed E-state index contributed by atoms with van der Waals surface area (Å²) in [4.78, 5) is 25.2. The molecule has 2 heterocycles. The largest absolute Gasteiger partial charge is 0.494 e. The Balaban J connectivity index is 1.49. The molecule has 0 aliphatic heterocycles. The van der Waals surface area contributed by atoms with Gasteiger partial charge in [0.2, 0.25) is 0 Å². The van der Waals surface area contributed by atoms with Crippen LogP contribution in [0.4, 0.5) is 17.5 Å². The zero-order valence-corrected chi connectivity index (χ0v) is 16.5. The summed E-state index contributed by atoms with van der Waals surface area (Å²) in [7, 11) is 0. The van der Waals surface area contributed by atoms with Gasteiger partial charge in [-0.1, -0.05) is 6.07 Å². The summed E-state index contributed by atoms with van der Waals surface area (Å²) < 4.78 is 5.38. The zero-order chi connectivity index (χ0) is 20.5. The van der Waals surface area contributed by atoms with E-state index in [2.05, 4.69) is 30.9 Å². The molecule has 0 atom stereocenters. The van der Waals surface area contributed by atoms with Crippen LogP contribution in [0.2, 0.25) is 0 Å². The van der Waals surface area contributed by atoms with Crippen LogP contribution in [0, 0.1) is 6.92 Å². The molecule has 0 aliphatic carbocycles. The Morgan fingerprint density at radius 1 is 1.00 bits per heavy atom. The van der Waals surface area contributed by atoms with Crippen molar-refractivity contribution in [2.45, 2.75) is 13.8 Å². The van der Waals surface area contributed by atoms with Gasteiger partial charge in [0.25, 0.3) is 5.91 Å². The van der Waals surface area contributed by atoms with Crippen LogP contribution in [0.3, 0.4) is 0 Å². The monoisotopic (exact) mass is 392 g/mol. The third-order valence-corrected chi connectivity index (χ3v) is 3.90. The quantitative estimate of drug-likeness (QED) is 0.481. The molecule has 8 heteroatoms. The van der Waals surface area contributed by atoms with Crippen molar-refractivity contribution in [2.24, 2.45) is 0 Å². The molecule has 29 heavy (non-hydrogen) atoms. The molecule has 0 bridgehead atoms. The molecule has 3 N–H and O–H groups in total. The summed E-state index contributed by atoms with van der Waals surface area (Å²) in [6, 6.07) is 14.5. The normalized spacial score (nSPS) is 10.3. The standard InChI is InChI=1S/C21H24N6O2/c1-3-29-17-9-7-16(8-10-17)21(28)24-13-12-23-19-14-20(26-15(2)25-19)27-18-6-4-5-11-22-18/h4-11,14H,3,12-13H2,1-2H3,(H,24,28)(H2,22,23,25,26,27). The molecule has 1 amide bonds. The summed E-state index contributed by atoms with van der Waals surface area (Å²) in [5.41, 5.74) is 0.591. The van der Waals surface area contributed by atoms with Crippen molar-refractivity contribution in [3.63, 3.8) is 0 Å². The molecule has 0 unspecified atom stereocenters. The number of ether oxygens (including phenoxy) is 1. The molecule has 3 rings (SSSR count). The van der Waals surface area contributed by atoms with Crippen LogP contribution in [-0.2, 0) is 0 Å². The molecule has 150 valence electrons. The Morgan fingerprint density at radius 2 is 1.79 bits per heavy atom. The summed E-state index contributed by atoms with van der Waals surface area (Å²) in [5.74, 6) is 3.28. The average Bonchev–Trinajstić information content (AvgIpc) is 2.72. The maximum atomic E-state index is 12.2. The number of rotatable bonds is 9. The number of benzene rings is 1. The van der Waals surface area contributed by atoms with E-state index in [1.165, 1.54) is 0 Å². The number of carbonyl (C=O) groups is 1. The molecule has 0 saturated heterocycles. The second-order valence-electron chi connectivity index (χ2n) is 6.17. The second-order valence-corrected chi connectivity index (χ2v) is 6.17. The Labute approximate surface area is 169 Å². The SMILES string of the molecule is CCOc1ccc(C(=O)NCCNc2cc(Nc3ccccn3)nc(C)n2)cc1. The lowest BCUT2D eigenvalue weighted by atomic mass is 10.2. The van der Waals surface area contributed by atoms with Gasteiger partial charge in [-0.25, -0.2) is 15.0 Å². The fraction of sp³-hybridized carbons (Fsp3) is 0.238. The first kappa shape index (κ1) is 20.1. The van der Waals surface area contributed by atoms with Crippen molar-refractivity contribution in [3.05, 3.63) is 66.1 Å². The zero-order valence-electron chi connectivity index (χ0n) is 16.5. The van der Waals surface area contributed by atoms with Crippen molar-refractivity contribution in [3.8, 4) is 5.75 Å². The van der Waals surface area contributed by atoms with E-state index in [0.29, 0.717) is 48.5 Å². The molecule has 8 nitrogen and oxygen atoms in total. The van der Waals surface area contributed by atoms with E-state index in [4.69, 9.17) is 4.74 Å². The van der Waals surface area contributed by atoms with E-state index < -0.39 is 0 Å². The summed E-state index contributed by atoms with van der Waals surface area (Å²) in [6.07, 6.45) is 1.71. The van der Waals surface area contributed by atoms with Gasteiger partial charge < -0.3 is 20.7 Å². The van der Waals surface area contributed by atoms with E-state index >= 15 is 0 Å². The molecule has 0 spiro atoms. The van der Waals surface area contributed by atoms with Gasteiger partial charge in [-0.3, -0.25) is 4.79 Å². The van der Waals surface area contributed by atoms with Crippen molar-refractivity contribution < 1.29 is 9.53 Å². The smallest absolute Gasteiger partial charge is 0.251 e. The molecule has 2 aromatic heterocycles. The highest BCUT2D eigenvalue weighted by Gasteiger charge is 2.06. The number of hydrogen-bond acceptors (Lipinski definition) is 7. The summed E-state index contributed by atoms with van der Waals surface area (Å²) >= 11 is 0.